The second-order valence-electron chi connectivity index (χ2n) is 13.7. The number of phosphoric acid groups is 1. The number of allylic oxidation sites excluding steroid dienone is 16. The van der Waals surface area contributed by atoms with Gasteiger partial charge < -0.3 is 24.6 Å². The van der Waals surface area contributed by atoms with Crippen LogP contribution < -0.4 is 0 Å². The Morgan fingerprint density at radius 1 is 0.561 bits per heavy atom. The van der Waals surface area contributed by atoms with E-state index in [0.717, 1.165) is 77.0 Å². The lowest BCUT2D eigenvalue weighted by Crippen LogP contribution is -2.29. The Bertz CT molecular complexity index is 1260. The topological polar surface area (TPSA) is 149 Å². The first kappa shape index (κ1) is 53.9. The Kier molecular flexibility index (Phi) is 38.8. The summed E-state index contributed by atoms with van der Waals surface area (Å²) in [4.78, 5) is 35.0. The summed E-state index contributed by atoms with van der Waals surface area (Å²) in [6.45, 7) is 2.12. The number of unbranched alkanes of at least 4 members (excludes halogenated alkanes) is 11. The molecule has 0 aromatic heterocycles. The molecule has 0 heterocycles. The summed E-state index contributed by atoms with van der Waals surface area (Å²) in [6.07, 6.45) is 49.4. The van der Waals surface area contributed by atoms with Crippen molar-refractivity contribution in [2.75, 3.05) is 26.4 Å². The Labute approximate surface area is 344 Å². The highest BCUT2D eigenvalue weighted by atomic mass is 31.2. The van der Waals surface area contributed by atoms with Gasteiger partial charge in [-0.25, -0.2) is 4.57 Å². The Hall–Kier alpha value is -3.11. The van der Waals surface area contributed by atoms with Gasteiger partial charge >= 0.3 is 19.8 Å². The van der Waals surface area contributed by atoms with E-state index < -0.39 is 51.8 Å². The van der Waals surface area contributed by atoms with Crippen molar-refractivity contribution < 1.29 is 47.8 Å². The molecule has 57 heavy (non-hydrogen) atoms. The molecule has 324 valence electrons. The van der Waals surface area contributed by atoms with E-state index in [4.69, 9.17) is 19.1 Å². The van der Waals surface area contributed by atoms with Crippen LogP contribution in [0.3, 0.4) is 0 Å². The van der Waals surface area contributed by atoms with Crippen molar-refractivity contribution >= 4 is 19.8 Å². The number of hydrogen-bond donors (Lipinski definition) is 3. The number of hydrogen-bond acceptors (Lipinski definition) is 9. The molecule has 0 aliphatic rings. The van der Waals surface area contributed by atoms with Crippen molar-refractivity contribution in [1.82, 2.24) is 0 Å². The van der Waals surface area contributed by atoms with Crippen LogP contribution in [0, 0.1) is 0 Å². The van der Waals surface area contributed by atoms with Crippen molar-refractivity contribution in [2.45, 2.75) is 154 Å². The van der Waals surface area contributed by atoms with E-state index in [1.807, 2.05) is 36.5 Å². The average molecular weight is 819 g/mol. The van der Waals surface area contributed by atoms with Crippen molar-refractivity contribution in [3.63, 3.8) is 0 Å². The number of phosphoric ester groups is 1. The molecule has 0 spiro atoms. The van der Waals surface area contributed by atoms with Crippen molar-refractivity contribution in [3.8, 4) is 0 Å². The van der Waals surface area contributed by atoms with Gasteiger partial charge in [0.05, 0.1) is 19.8 Å². The highest BCUT2D eigenvalue weighted by Gasteiger charge is 2.27. The van der Waals surface area contributed by atoms with Crippen LogP contribution in [0.2, 0.25) is 0 Å². The van der Waals surface area contributed by atoms with Crippen LogP contribution in [0.15, 0.2) is 97.2 Å². The van der Waals surface area contributed by atoms with Crippen LogP contribution in [0.4, 0.5) is 0 Å². The first-order valence-electron chi connectivity index (χ1n) is 21.2. The molecular formula is C46H75O10P. The number of ether oxygens (including phenoxy) is 2. The van der Waals surface area contributed by atoms with Gasteiger partial charge in [-0.15, -0.1) is 0 Å². The Balaban J connectivity index is 4.43. The molecule has 0 fully saturated rings. The van der Waals surface area contributed by atoms with Gasteiger partial charge in [-0.3, -0.25) is 18.6 Å². The third-order valence-electron chi connectivity index (χ3n) is 8.32. The summed E-state index contributed by atoms with van der Waals surface area (Å²) in [5.74, 6) is -0.999. The fourth-order valence-corrected chi connectivity index (χ4v) is 5.83. The fraction of sp³-hybridized carbons (Fsp3) is 0.609. The summed E-state index contributed by atoms with van der Waals surface area (Å²) in [7, 11) is -4.64. The molecule has 0 saturated heterocycles. The van der Waals surface area contributed by atoms with E-state index in [1.165, 1.54) is 25.7 Å². The predicted molar refractivity (Wildman–Crippen MR) is 232 cm³/mol. The zero-order valence-electron chi connectivity index (χ0n) is 35.0. The monoisotopic (exact) mass is 819 g/mol. The smallest absolute Gasteiger partial charge is 0.462 e. The molecule has 0 rings (SSSR count). The molecule has 0 radical (unpaired) electrons. The van der Waals surface area contributed by atoms with E-state index in [-0.39, 0.29) is 19.4 Å². The molecule has 0 aliphatic heterocycles. The van der Waals surface area contributed by atoms with Crippen molar-refractivity contribution in [1.29, 1.82) is 0 Å². The second kappa shape index (κ2) is 41.1. The largest absolute Gasteiger partial charge is 0.472 e. The zero-order valence-corrected chi connectivity index (χ0v) is 35.9. The summed E-state index contributed by atoms with van der Waals surface area (Å²) in [6, 6.07) is 0. The van der Waals surface area contributed by atoms with Gasteiger partial charge in [-0.2, -0.15) is 0 Å². The predicted octanol–water partition coefficient (Wildman–Crippen LogP) is 11.2. The first-order valence-corrected chi connectivity index (χ1v) is 22.7. The second-order valence-corrected chi connectivity index (χ2v) is 15.2. The maximum atomic E-state index is 12.6. The summed E-state index contributed by atoms with van der Waals surface area (Å²) >= 11 is 0. The van der Waals surface area contributed by atoms with Gasteiger partial charge in [0, 0.05) is 12.8 Å². The molecule has 1 unspecified atom stereocenters. The minimum Gasteiger partial charge on any atom is -0.462 e. The van der Waals surface area contributed by atoms with E-state index in [2.05, 4.69) is 79.1 Å². The van der Waals surface area contributed by atoms with E-state index in [1.54, 1.807) is 0 Å². The molecule has 10 nitrogen and oxygen atoms in total. The summed E-state index contributed by atoms with van der Waals surface area (Å²) in [5.41, 5.74) is 0. The fourth-order valence-electron chi connectivity index (χ4n) is 5.04. The molecule has 0 aliphatic carbocycles. The number of carbonyl (C=O) groups excluding carboxylic acids is 2. The van der Waals surface area contributed by atoms with Gasteiger partial charge in [0.1, 0.15) is 12.7 Å². The molecule has 3 N–H and O–H groups in total. The van der Waals surface area contributed by atoms with Crippen LogP contribution >= 0.6 is 7.82 Å². The number of aliphatic hydroxyl groups is 2. The molecule has 0 amide bonds. The quantitative estimate of drug-likeness (QED) is 0.0181. The minimum absolute atomic E-state index is 0.144. The van der Waals surface area contributed by atoms with E-state index in [9.17, 15) is 24.2 Å². The lowest BCUT2D eigenvalue weighted by Gasteiger charge is -2.20. The van der Waals surface area contributed by atoms with Gasteiger partial charge in [-0.05, 0) is 77.0 Å². The van der Waals surface area contributed by atoms with Crippen LogP contribution in [-0.4, -0.2) is 65.7 Å². The van der Waals surface area contributed by atoms with E-state index >= 15 is 0 Å². The third kappa shape index (κ3) is 40.9. The average Bonchev–Trinajstić information content (AvgIpc) is 3.20. The van der Waals surface area contributed by atoms with Crippen LogP contribution in [0.5, 0.6) is 0 Å². The normalized spacial score (nSPS) is 14.8. The van der Waals surface area contributed by atoms with Crippen LogP contribution in [0.1, 0.15) is 142 Å². The molecule has 11 heteroatoms. The van der Waals surface area contributed by atoms with Crippen LogP contribution in [0.25, 0.3) is 0 Å². The van der Waals surface area contributed by atoms with Crippen LogP contribution in [-0.2, 0) is 32.7 Å². The molecule has 0 aromatic rings. The van der Waals surface area contributed by atoms with Crippen molar-refractivity contribution in [2.24, 2.45) is 0 Å². The molecular weight excluding hydrogens is 743 g/mol. The number of rotatable bonds is 38. The molecule has 0 saturated carbocycles. The summed E-state index contributed by atoms with van der Waals surface area (Å²) in [5, 5.41) is 18.3. The van der Waals surface area contributed by atoms with E-state index in [0.29, 0.717) is 12.8 Å². The highest BCUT2D eigenvalue weighted by Crippen LogP contribution is 2.43. The van der Waals surface area contributed by atoms with Gasteiger partial charge in [-0.1, -0.05) is 150 Å². The van der Waals surface area contributed by atoms with Gasteiger partial charge in [0.25, 0.3) is 0 Å². The summed E-state index contributed by atoms with van der Waals surface area (Å²) < 4.78 is 32.6. The molecule has 3 atom stereocenters. The minimum atomic E-state index is -4.64. The number of aliphatic hydroxyl groups excluding tert-OH is 2. The maximum Gasteiger partial charge on any atom is 0.472 e. The first-order chi connectivity index (χ1) is 27.7. The lowest BCUT2D eigenvalue weighted by atomic mass is 10.1. The lowest BCUT2D eigenvalue weighted by molar-refractivity contribution is -0.161. The number of esters is 2. The van der Waals surface area contributed by atoms with Crippen molar-refractivity contribution in [3.05, 3.63) is 97.2 Å². The van der Waals surface area contributed by atoms with Gasteiger partial charge in [0.2, 0.25) is 0 Å². The SMILES string of the molecule is CC/C=C/C=C/C=C/C=C/CCCCCCCC(=O)O[C@H](COC(=O)CCCCC/C=C/C/C=C/C/C=C/C/C=C/CCCCC)COP(=O)(O)OC[C@@H](O)CO. The maximum absolute atomic E-state index is 12.6. The van der Waals surface area contributed by atoms with Gasteiger partial charge in [0.15, 0.2) is 6.10 Å². The number of carbonyl (C=O) groups is 2. The Morgan fingerprint density at radius 2 is 1.04 bits per heavy atom. The molecule has 0 aromatic carbocycles. The highest BCUT2D eigenvalue weighted by molar-refractivity contribution is 7.47. The standard InChI is InChI=1S/C46H75O10P/c1-3-5-7-9-11-13-15-17-19-20-21-22-24-25-27-29-31-33-35-37-45(49)53-41-44(42-55-57(51,52)54-40-43(48)39-47)56-46(50)38-36-34-32-30-28-26-23-18-16-14-12-10-8-6-4-2/h6,8,10-14,16-19,21-23,25,27,43-44,47-48H,3-5,7,9,15,20,24,26,28-42H2,1-2H3,(H,51,52)/b8-6+,12-10+,13-11+,16-14+,19-17+,22-21+,23-18+,27-25+/t43-,44+/m0/s1. The molecule has 0 bridgehead atoms. The Morgan fingerprint density at radius 3 is 1.63 bits per heavy atom. The third-order valence-corrected chi connectivity index (χ3v) is 9.27. The zero-order chi connectivity index (χ0) is 41.9.